The van der Waals surface area contributed by atoms with Gasteiger partial charge < -0.3 is 9.47 Å². The van der Waals surface area contributed by atoms with E-state index in [2.05, 4.69) is 20.8 Å². The summed E-state index contributed by atoms with van der Waals surface area (Å²) >= 11 is 0. The first-order valence-electron chi connectivity index (χ1n) is 5.92. The second kappa shape index (κ2) is 6.49. The number of hydrogen-bond acceptors (Lipinski definition) is 2. The number of ether oxygens (including phenoxy) is 2. The van der Waals surface area contributed by atoms with Crippen LogP contribution in [0.4, 0.5) is 0 Å². The first-order valence-corrected chi connectivity index (χ1v) is 5.92. The van der Waals surface area contributed by atoms with E-state index in [1.54, 1.807) is 0 Å². The molecule has 0 radical (unpaired) electrons. The zero-order valence-electron chi connectivity index (χ0n) is 11.4. The van der Waals surface area contributed by atoms with Crippen molar-refractivity contribution in [2.45, 2.75) is 66.4 Å². The molecule has 0 fully saturated rings. The third kappa shape index (κ3) is 13.9. The molecule has 0 spiro atoms. The summed E-state index contributed by atoms with van der Waals surface area (Å²) in [6.45, 7) is 14.2. The molecular weight excluding hydrogens is 188 g/mol. The van der Waals surface area contributed by atoms with Crippen molar-refractivity contribution < 1.29 is 9.47 Å². The Bertz CT molecular complexity index is 133. The van der Waals surface area contributed by atoms with E-state index in [4.69, 9.17) is 9.47 Å². The summed E-state index contributed by atoms with van der Waals surface area (Å²) in [4.78, 5) is 0. The predicted molar refractivity (Wildman–Crippen MR) is 65.0 cm³/mol. The average Bonchev–Trinajstić information content (AvgIpc) is 1.98. The molecule has 0 bridgehead atoms. The molecule has 0 unspecified atom stereocenters. The largest absolute Gasteiger partial charge is 0.355 e. The number of unbranched alkanes of at least 4 members (excludes halogenated alkanes) is 1. The van der Waals surface area contributed by atoms with E-state index in [1.165, 1.54) is 12.8 Å². The summed E-state index contributed by atoms with van der Waals surface area (Å²) in [6.07, 6.45) is 3.63. The van der Waals surface area contributed by atoms with Crippen molar-refractivity contribution in [3.63, 3.8) is 0 Å². The van der Waals surface area contributed by atoms with Crippen LogP contribution in [-0.2, 0) is 9.47 Å². The molecule has 0 aliphatic carbocycles. The highest BCUT2D eigenvalue weighted by Gasteiger charge is 2.10. The van der Waals surface area contributed by atoms with Gasteiger partial charge in [0.1, 0.15) is 6.79 Å². The quantitative estimate of drug-likeness (QED) is 0.493. The molecule has 2 nitrogen and oxygen atoms in total. The maximum absolute atomic E-state index is 5.45. The van der Waals surface area contributed by atoms with Gasteiger partial charge in [-0.1, -0.05) is 27.2 Å². The van der Waals surface area contributed by atoms with Crippen LogP contribution in [-0.4, -0.2) is 19.0 Å². The molecule has 0 rings (SSSR count). The molecule has 0 heterocycles. The second-order valence-corrected chi connectivity index (χ2v) is 6.30. The van der Waals surface area contributed by atoms with E-state index in [1.807, 2.05) is 20.8 Å². The van der Waals surface area contributed by atoms with Gasteiger partial charge in [-0.05, 0) is 39.0 Å². The summed E-state index contributed by atoms with van der Waals surface area (Å²) in [5.41, 5.74) is 0.354. The number of rotatable bonds is 6. The lowest BCUT2D eigenvalue weighted by Gasteiger charge is -2.20. The Morgan fingerprint density at radius 2 is 1.47 bits per heavy atom. The first kappa shape index (κ1) is 14.9. The van der Waals surface area contributed by atoms with Gasteiger partial charge >= 0.3 is 0 Å². The molecule has 0 atom stereocenters. The Kier molecular flexibility index (Phi) is 6.46. The Morgan fingerprint density at radius 1 is 0.867 bits per heavy atom. The third-order valence-electron chi connectivity index (χ3n) is 2.04. The van der Waals surface area contributed by atoms with Gasteiger partial charge in [-0.25, -0.2) is 0 Å². The van der Waals surface area contributed by atoms with Crippen LogP contribution in [0, 0.1) is 5.41 Å². The van der Waals surface area contributed by atoms with Gasteiger partial charge in [0.25, 0.3) is 0 Å². The van der Waals surface area contributed by atoms with Gasteiger partial charge in [0.05, 0.1) is 5.60 Å². The fourth-order valence-electron chi connectivity index (χ4n) is 1.14. The van der Waals surface area contributed by atoms with Crippen molar-refractivity contribution in [2.75, 3.05) is 13.4 Å². The third-order valence-corrected chi connectivity index (χ3v) is 2.04. The monoisotopic (exact) mass is 216 g/mol. The molecule has 92 valence electrons. The predicted octanol–water partition coefficient (Wildman–Crippen LogP) is 3.99. The van der Waals surface area contributed by atoms with Gasteiger partial charge in [-0.3, -0.25) is 0 Å². The van der Waals surface area contributed by atoms with Crippen LogP contribution in [0.5, 0.6) is 0 Å². The van der Waals surface area contributed by atoms with E-state index in [-0.39, 0.29) is 5.60 Å². The summed E-state index contributed by atoms with van der Waals surface area (Å²) in [6, 6.07) is 0. The minimum absolute atomic E-state index is 0.0919. The zero-order valence-corrected chi connectivity index (χ0v) is 11.4. The van der Waals surface area contributed by atoms with E-state index < -0.39 is 0 Å². The summed E-state index contributed by atoms with van der Waals surface area (Å²) in [5.74, 6) is 0. The van der Waals surface area contributed by atoms with Gasteiger partial charge in [-0.2, -0.15) is 0 Å². The van der Waals surface area contributed by atoms with Crippen LogP contribution in [0.1, 0.15) is 60.8 Å². The highest BCUT2D eigenvalue weighted by molar-refractivity contribution is 4.60. The molecule has 0 N–H and O–H groups in total. The van der Waals surface area contributed by atoms with Crippen LogP contribution in [0.25, 0.3) is 0 Å². The van der Waals surface area contributed by atoms with Crippen molar-refractivity contribution in [3.8, 4) is 0 Å². The molecule has 15 heavy (non-hydrogen) atoms. The van der Waals surface area contributed by atoms with Crippen molar-refractivity contribution in [1.82, 2.24) is 0 Å². The maximum atomic E-state index is 5.45. The van der Waals surface area contributed by atoms with Crippen LogP contribution in [0.3, 0.4) is 0 Å². The molecule has 0 aromatic rings. The standard InChI is InChI=1S/C13H28O2/c1-12(2,3)9-7-8-10-14-11-15-13(4,5)6/h7-11H2,1-6H3. The van der Waals surface area contributed by atoms with Crippen molar-refractivity contribution in [1.29, 1.82) is 0 Å². The molecular formula is C13H28O2. The minimum Gasteiger partial charge on any atom is -0.355 e. The lowest BCUT2D eigenvalue weighted by molar-refractivity contribution is -0.120. The Labute approximate surface area is 95.3 Å². The molecule has 0 aliphatic rings. The van der Waals surface area contributed by atoms with Gasteiger partial charge in [0.2, 0.25) is 0 Å². The van der Waals surface area contributed by atoms with E-state index >= 15 is 0 Å². The smallest absolute Gasteiger partial charge is 0.147 e. The second-order valence-electron chi connectivity index (χ2n) is 6.30. The molecule has 2 heteroatoms. The average molecular weight is 216 g/mol. The highest BCUT2D eigenvalue weighted by Crippen LogP contribution is 2.21. The van der Waals surface area contributed by atoms with Crippen molar-refractivity contribution in [2.24, 2.45) is 5.41 Å². The fourth-order valence-corrected chi connectivity index (χ4v) is 1.14. The Morgan fingerprint density at radius 3 is 1.93 bits per heavy atom. The van der Waals surface area contributed by atoms with Crippen LogP contribution < -0.4 is 0 Å². The van der Waals surface area contributed by atoms with Gasteiger partial charge in [0, 0.05) is 6.61 Å². The lowest BCUT2D eigenvalue weighted by Crippen LogP contribution is -2.21. The molecule has 0 aromatic carbocycles. The maximum Gasteiger partial charge on any atom is 0.147 e. The van der Waals surface area contributed by atoms with Crippen LogP contribution in [0.2, 0.25) is 0 Å². The van der Waals surface area contributed by atoms with E-state index in [0.29, 0.717) is 12.2 Å². The normalized spacial score (nSPS) is 13.2. The lowest BCUT2D eigenvalue weighted by atomic mass is 9.90. The molecule has 0 aromatic heterocycles. The molecule has 0 aliphatic heterocycles. The van der Waals surface area contributed by atoms with Gasteiger partial charge in [-0.15, -0.1) is 0 Å². The van der Waals surface area contributed by atoms with Crippen LogP contribution >= 0.6 is 0 Å². The van der Waals surface area contributed by atoms with E-state index in [0.717, 1.165) is 13.0 Å². The highest BCUT2D eigenvalue weighted by atomic mass is 16.7. The Balaban J connectivity index is 3.20. The molecule has 0 saturated heterocycles. The van der Waals surface area contributed by atoms with Crippen molar-refractivity contribution in [3.05, 3.63) is 0 Å². The summed E-state index contributed by atoms with van der Waals surface area (Å²) < 4.78 is 10.9. The fraction of sp³-hybridized carbons (Fsp3) is 1.00. The molecule has 0 amide bonds. The van der Waals surface area contributed by atoms with Gasteiger partial charge in [0.15, 0.2) is 0 Å². The number of hydrogen-bond donors (Lipinski definition) is 0. The van der Waals surface area contributed by atoms with E-state index in [9.17, 15) is 0 Å². The Hall–Kier alpha value is -0.0800. The van der Waals surface area contributed by atoms with Crippen LogP contribution in [0.15, 0.2) is 0 Å². The molecule has 0 saturated carbocycles. The zero-order chi connectivity index (χ0) is 11.9. The summed E-state index contributed by atoms with van der Waals surface area (Å²) in [7, 11) is 0. The van der Waals surface area contributed by atoms with Crippen molar-refractivity contribution >= 4 is 0 Å². The minimum atomic E-state index is -0.0919. The first-order chi connectivity index (χ1) is 6.71. The SMILES string of the molecule is CC(C)(C)CCCCOCOC(C)(C)C. The summed E-state index contributed by atoms with van der Waals surface area (Å²) in [5, 5.41) is 0. The topological polar surface area (TPSA) is 18.5 Å².